The summed E-state index contributed by atoms with van der Waals surface area (Å²) in [6.45, 7) is 9.06. The molecule has 0 aromatic carbocycles. The van der Waals surface area contributed by atoms with Crippen LogP contribution in [0.4, 0.5) is 0 Å². The van der Waals surface area contributed by atoms with E-state index in [-0.39, 0.29) is 5.54 Å². The highest BCUT2D eigenvalue weighted by Gasteiger charge is 2.36. The molecule has 1 N–H and O–H groups in total. The molecule has 1 aromatic heterocycles. The van der Waals surface area contributed by atoms with Gasteiger partial charge in [-0.05, 0) is 33.2 Å². The van der Waals surface area contributed by atoms with Crippen LogP contribution < -0.4 is 5.32 Å². The molecule has 1 fully saturated rings. The van der Waals surface area contributed by atoms with Gasteiger partial charge in [0, 0.05) is 18.1 Å². The zero-order chi connectivity index (χ0) is 11.6. The van der Waals surface area contributed by atoms with Crippen molar-refractivity contribution in [2.45, 2.75) is 39.2 Å². The third-order valence-corrected chi connectivity index (χ3v) is 4.58. The number of ether oxygens (including phenoxy) is 1. The van der Waals surface area contributed by atoms with Gasteiger partial charge in [-0.2, -0.15) is 0 Å². The fourth-order valence-corrected chi connectivity index (χ4v) is 3.34. The zero-order valence-corrected chi connectivity index (χ0v) is 11.1. The fourth-order valence-electron chi connectivity index (χ4n) is 2.20. The molecule has 1 aliphatic rings. The van der Waals surface area contributed by atoms with Gasteiger partial charge in [-0.15, -0.1) is 11.3 Å². The summed E-state index contributed by atoms with van der Waals surface area (Å²) < 4.78 is 5.47. The Kier molecular flexibility index (Phi) is 3.62. The van der Waals surface area contributed by atoms with Gasteiger partial charge in [0.05, 0.1) is 11.2 Å². The van der Waals surface area contributed by atoms with E-state index in [4.69, 9.17) is 9.72 Å². The number of rotatable bonds is 3. The SMILES string of the molecule is CCNC1(c2nc(C)c(C)s2)CCOCC1. The number of hydrogen-bond acceptors (Lipinski definition) is 4. The summed E-state index contributed by atoms with van der Waals surface area (Å²) >= 11 is 1.83. The van der Waals surface area contributed by atoms with Crippen molar-refractivity contribution in [1.82, 2.24) is 10.3 Å². The van der Waals surface area contributed by atoms with E-state index in [0.29, 0.717) is 0 Å². The first-order valence-corrected chi connectivity index (χ1v) is 6.77. The first-order valence-electron chi connectivity index (χ1n) is 5.95. The number of aromatic nitrogens is 1. The van der Waals surface area contributed by atoms with E-state index >= 15 is 0 Å². The summed E-state index contributed by atoms with van der Waals surface area (Å²) in [5.41, 5.74) is 1.24. The predicted octanol–water partition coefficient (Wildman–Crippen LogP) is 2.38. The number of nitrogens with zero attached hydrogens (tertiary/aromatic N) is 1. The molecule has 1 aliphatic heterocycles. The Labute approximate surface area is 101 Å². The molecule has 2 rings (SSSR count). The van der Waals surface area contributed by atoms with Gasteiger partial charge in [0.15, 0.2) is 0 Å². The molecular weight excluding hydrogens is 220 g/mol. The molecule has 0 unspecified atom stereocenters. The van der Waals surface area contributed by atoms with Crippen LogP contribution in [0.2, 0.25) is 0 Å². The Morgan fingerprint density at radius 2 is 2.06 bits per heavy atom. The van der Waals surface area contributed by atoms with Gasteiger partial charge < -0.3 is 10.1 Å². The summed E-state index contributed by atoms with van der Waals surface area (Å²) in [4.78, 5) is 6.06. The molecule has 4 heteroatoms. The van der Waals surface area contributed by atoms with Crippen molar-refractivity contribution in [1.29, 1.82) is 0 Å². The topological polar surface area (TPSA) is 34.2 Å². The van der Waals surface area contributed by atoms with E-state index in [0.717, 1.165) is 32.6 Å². The third kappa shape index (κ3) is 2.14. The Bertz CT molecular complexity index is 331. The molecule has 1 aromatic rings. The largest absolute Gasteiger partial charge is 0.381 e. The van der Waals surface area contributed by atoms with Gasteiger partial charge >= 0.3 is 0 Å². The highest BCUT2D eigenvalue weighted by Crippen LogP contribution is 2.35. The molecule has 0 spiro atoms. The van der Waals surface area contributed by atoms with Crippen LogP contribution in [0.1, 0.15) is 35.3 Å². The van der Waals surface area contributed by atoms with Crippen molar-refractivity contribution in [3.05, 3.63) is 15.6 Å². The molecule has 0 saturated carbocycles. The van der Waals surface area contributed by atoms with Crippen LogP contribution in [0.25, 0.3) is 0 Å². The van der Waals surface area contributed by atoms with Crippen molar-refractivity contribution in [3.8, 4) is 0 Å². The highest BCUT2D eigenvalue weighted by atomic mass is 32.1. The second kappa shape index (κ2) is 4.82. The lowest BCUT2D eigenvalue weighted by molar-refractivity contribution is 0.0372. The molecule has 16 heavy (non-hydrogen) atoms. The van der Waals surface area contributed by atoms with E-state index < -0.39 is 0 Å². The Morgan fingerprint density at radius 1 is 1.38 bits per heavy atom. The molecule has 1 saturated heterocycles. The molecule has 0 aliphatic carbocycles. The lowest BCUT2D eigenvalue weighted by Gasteiger charge is -2.36. The second-order valence-electron chi connectivity index (χ2n) is 4.39. The molecule has 3 nitrogen and oxygen atoms in total. The van der Waals surface area contributed by atoms with Crippen molar-refractivity contribution in [2.24, 2.45) is 0 Å². The minimum Gasteiger partial charge on any atom is -0.381 e. The molecule has 0 bridgehead atoms. The molecule has 2 heterocycles. The van der Waals surface area contributed by atoms with E-state index in [9.17, 15) is 0 Å². The van der Waals surface area contributed by atoms with Gasteiger partial charge in [0.2, 0.25) is 0 Å². The van der Waals surface area contributed by atoms with Gasteiger partial charge in [-0.25, -0.2) is 4.98 Å². The number of nitrogens with one attached hydrogen (secondary N) is 1. The van der Waals surface area contributed by atoms with E-state index in [1.807, 2.05) is 11.3 Å². The first-order chi connectivity index (χ1) is 7.68. The van der Waals surface area contributed by atoms with Crippen LogP contribution in [0.3, 0.4) is 0 Å². The highest BCUT2D eigenvalue weighted by molar-refractivity contribution is 7.11. The minimum absolute atomic E-state index is 0.0662. The van der Waals surface area contributed by atoms with Crippen LogP contribution in [0, 0.1) is 13.8 Å². The lowest BCUT2D eigenvalue weighted by Crippen LogP contribution is -2.46. The summed E-state index contributed by atoms with van der Waals surface area (Å²) in [5.74, 6) is 0. The third-order valence-electron chi connectivity index (χ3n) is 3.30. The molecular formula is C12H20N2OS. The van der Waals surface area contributed by atoms with Crippen molar-refractivity contribution < 1.29 is 4.74 Å². The van der Waals surface area contributed by atoms with Crippen LogP contribution in [0.15, 0.2) is 0 Å². The number of thiazole rings is 1. The number of hydrogen-bond donors (Lipinski definition) is 1. The van der Waals surface area contributed by atoms with Crippen LogP contribution >= 0.6 is 11.3 Å². The van der Waals surface area contributed by atoms with Crippen LogP contribution in [-0.2, 0) is 10.3 Å². The zero-order valence-electron chi connectivity index (χ0n) is 10.3. The Morgan fingerprint density at radius 3 is 2.56 bits per heavy atom. The molecule has 0 radical (unpaired) electrons. The van der Waals surface area contributed by atoms with E-state index in [2.05, 4.69) is 26.1 Å². The van der Waals surface area contributed by atoms with Gasteiger partial charge in [-0.3, -0.25) is 0 Å². The Balaban J connectivity index is 2.30. The van der Waals surface area contributed by atoms with Gasteiger partial charge in [0.25, 0.3) is 0 Å². The average Bonchev–Trinajstić information content (AvgIpc) is 2.62. The van der Waals surface area contributed by atoms with E-state index in [1.165, 1.54) is 15.6 Å². The monoisotopic (exact) mass is 240 g/mol. The smallest absolute Gasteiger partial charge is 0.113 e. The fraction of sp³-hybridized carbons (Fsp3) is 0.750. The van der Waals surface area contributed by atoms with Crippen molar-refractivity contribution in [3.63, 3.8) is 0 Å². The van der Waals surface area contributed by atoms with Gasteiger partial charge in [-0.1, -0.05) is 6.92 Å². The summed E-state index contributed by atoms with van der Waals surface area (Å²) in [6.07, 6.45) is 2.07. The lowest BCUT2D eigenvalue weighted by atomic mass is 9.90. The van der Waals surface area contributed by atoms with E-state index in [1.54, 1.807) is 0 Å². The maximum absolute atomic E-state index is 5.47. The predicted molar refractivity (Wildman–Crippen MR) is 67.0 cm³/mol. The summed E-state index contributed by atoms with van der Waals surface area (Å²) in [5, 5.41) is 4.87. The van der Waals surface area contributed by atoms with Gasteiger partial charge in [0.1, 0.15) is 5.01 Å². The Hall–Kier alpha value is -0.450. The second-order valence-corrected chi connectivity index (χ2v) is 5.59. The normalized spacial score (nSPS) is 19.9. The minimum atomic E-state index is 0.0662. The number of aryl methyl sites for hydroxylation is 2. The van der Waals surface area contributed by atoms with Crippen molar-refractivity contribution >= 4 is 11.3 Å². The van der Waals surface area contributed by atoms with Crippen LogP contribution in [0.5, 0.6) is 0 Å². The molecule has 0 atom stereocenters. The quantitative estimate of drug-likeness (QED) is 0.881. The maximum atomic E-state index is 5.47. The first kappa shape index (κ1) is 12.0. The summed E-state index contributed by atoms with van der Waals surface area (Å²) in [7, 11) is 0. The molecule has 90 valence electrons. The standard InChI is InChI=1S/C12H20N2OS/c1-4-13-12(5-7-15-8-6-12)11-14-9(2)10(3)16-11/h13H,4-8H2,1-3H3. The van der Waals surface area contributed by atoms with Crippen molar-refractivity contribution in [2.75, 3.05) is 19.8 Å². The molecule has 0 amide bonds. The average molecular weight is 240 g/mol. The van der Waals surface area contributed by atoms with Crippen LogP contribution in [-0.4, -0.2) is 24.7 Å². The maximum Gasteiger partial charge on any atom is 0.113 e. The summed E-state index contributed by atoms with van der Waals surface area (Å²) in [6, 6.07) is 0.